The van der Waals surface area contributed by atoms with E-state index >= 15 is 0 Å². The molecule has 3 aromatic rings. The van der Waals surface area contributed by atoms with Gasteiger partial charge < -0.3 is 16.4 Å². The monoisotopic (exact) mass is 640 g/mol. The molecular weight excluding hydrogens is 611 g/mol. The van der Waals surface area contributed by atoms with Gasteiger partial charge in [0.25, 0.3) is 0 Å². The molecule has 0 radical (unpaired) electrons. The Morgan fingerprint density at radius 1 is 1.00 bits per heavy atom. The number of pyridine rings is 1. The first kappa shape index (κ1) is 28.3. The summed E-state index contributed by atoms with van der Waals surface area (Å²) in [5.74, 6) is -1.06. The number of alkyl halides is 4. The molecule has 1 aliphatic rings. The Balaban J connectivity index is 1.87. The molecule has 1 aromatic heterocycles. The van der Waals surface area contributed by atoms with E-state index in [0.717, 1.165) is 42.5 Å². The maximum Gasteiger partial charge on any atom is 0.416 e. The van der Waals surface area contributed by atoms with E-state index < -0.39 is 29.1 Å². The number of hydrogen-bond donors (Lipinski definition) is 3. The van der Waals surface area contributed by atoms with Crippen molar-refractivity contribution in [2.75, 3.05) is 0 Å². The minimum Gasteiger partial charge on any atom is -0.334 e. The van der Waals surface area contributed by atoms with Crippen LogP contribution in [-0.4, -0.2) is 23.1 Å². The molecule has 0 unspecified atom stereocenters. The van der Waals surface area contributed by atoms with Gasteiger partial charge in [-0.25, -0.2) is 9.18 Å². The molecule has 1 fully saturated rings. The van der Waals surface area contributed by atoms with Crippen molar-refractivity contribution < 1.29 is 22.4 Å². The van der Waals surface area contributed by atoms with Gasteiger partial charge in [-0.1, -0.05) is 71.8 Å². The number of carbonyl (C=O) groups excluding carboxylic acids is 1. The first-order valence-electron chi connectivity index (χ1n) is 12.4. The molecule has 0 aliphatic heterocycles. The maximum atomic E-state index is 14.8. The van der Waals surface area contributed by atoms with Gasteiger partial charge in [0, 0.05) is 29.1 Å². The highest BCUT2D eigenvalue weighted by molar-refractivity contribution is 14.1. The van der Waals surface area contributed by atoms with E-state index in [2.05, 4.69) is 38.2 Å². The number of halogens is 5. The van der Waals surface area contributed by atoms with Gasteiger partial charge in [-0.3, -0.25) is 4.98 Å². The van der Waals surface area contributed by atoms with Crippen LogP contribution in [0.4, 0.5) is 22.4 Å². The number of amides is 2. The van der Waals surface area contributed by atoms with E-state index in [1.807, 2.05) is 6.07 Å². The SMILES string of the molecule is N[C@H]1CCCC[C@@H]1NC(=O)N[C@](Cc1ccccc1)(c1cc(F)cc(C(F)(F)F)c1)c1ccc(CI)cn1. The smallest absolute Gasteiger partial charge is 0.334 e. The van der Waals surface area contributed by atoms with Gasteiger partial charge in [0.05, 0.1) is 11.3 Å². The second-order valence-electron chi connectivity index (χ2n) is 9.63. The van der Waals surface area contributed by atoms with Gasteiger partial charge in [-0.2, -0.15) is 13.2 Å². The summed E-state index contributed by atoms with van der Waals surface area (Å²) in [5, 5.41) is 5.83. The highest BCUT2D eigenvalue weighted by Gasteiger charge is 2.41. The van der Waals surface area contributed by atoms with Gasteiger partial charge in [-0.15, -0.1) is 0 Å². The van der Waals surface area contributed by atoms with E-state index in [4.69, 9.17) is 5.73 Å². The fourth-order valence-corrected chi connectivity index (χ4v) is 5.37. The Morgan fingerprint density at radius 2 is 1.71 bits per heavy atom. The lowest BCUT2D eigenvalue weighted by Gasteiger charge is -2.37. The van der Waals surface area contributed by atoms with Crippen LogP contribution in [0, 0.1) is 5.82 Å². The molecule has 0 spiro atoms. The number of aromatic nitrogens is 1. The summed E-state index contributed by atoms with van der Waals surface area (Å²) in [6.07, 6.45) is 0.198. The van der Waals surface area contributed by atoms with Crippen molar-refractivity contribution in [2.45, 2.75) is 60.3 Å². The molecule has 1 saturated carbocycles. The second-order valence-corrected chi connectivity index (χ2v) is 10.4. The lowest BCUT2D eigenvalue weighted by atomic mass is 9.79. The zero-order valence-corrected chi connectivity index (χ0v) is 22.7. The summed E-state index contributed by atoms with van der Waals surface area (Å²) in [5.41, 5.74) is 5.31. The van der Waals surface area contributed by atoms with Crippen LogP contribution in [0.25, 0.3) is 0 Å². The number of benzene rings is 2. The van der Waals surface area contributed by atoms with Crippen LogP contribution in [0.15, 0.2) is 66.9 Å². The van der Waals surface area contributed by atoms with Gasteiger partial charge in [0.2, 0.25) is 0 Å². The molecule has 2 aromatic carbocycles. The topological polar surface area (TPSA) is 80.0 Å². The zero-order chi connectivity index (χ0) is 27.3. The largest absolute Gasteiger partial charge is 0.416 e. The van der Waals surface area contributed by atoms with Crippen LogP contribution in [-0.2, 0) is 22.6 Å². The van der Waals surface area contributed by atoms with Crippen molar-refractivity contribution in [3.63, 3.8) is 0 Å². The van der Waals surface area contributed by atoms with E-state index in [0.29, 0.717) is 16.9 Å². The third-order valence-corrected chi connectivity index (χ3v) is 7.79. The highest BCUT2D eigenvalue weighted by Crippen LogP contribution is 2.38. The summed E-state index contributed by atoms with van der Waals surface area (Å²) < 4.78 is 56.8. The van der Waals surface area contributed by atoms with Crippen LogP contribution in [0.5, 0.6) is 0 Å². The number of urea groups is 1. The summed E-state index contributed by atoms with van der Waals surface area (Å²) >= 11 is 2.18. The Labute approximate surface area is 232 Å². The van der Waals surface area contributed by atoms with Gasteiger partial charge in [-0.05, 0) is 53.8 Å². The normalized spacial score (nSPS) is 19.4. The number of nitrogens with two attached hydrogens (primary N) is 1. The molecular formula is C28H29F4IN4O. The molecule has 202 valence electrons. The van der Waals surface area contributed by atoms with E-state index in [-0.39, 0.29) is 29.8 Å². The molecule has 2 amide bonds. The third kappa shape index (κ3) is 6.63. The molecule has 5 nitrogen and oxygen atoms in total. The van der Waals surface area contributed by atoms with Gasteiger partial charge in [0.15, 0.2) is 0 Å². The van der Waals surface area contributed by atoms with E-state index in [1.54, 1.807) is 42.6 Å². The Hall–Kier alpha value is -2.73. The van der Waals surface area contributed by atoms with Crippen molar-refractivity contribution in [3.05, 3.63) is 101 Å². The molecule has 3 atom stereocenters. The molecule has 10 heteroatoms. The first-order chi connectivity index (χ1) is 18.1. The average molecular weight is 640 g/mol. The van der Waals surface area contributed by atoms with Crippen molar-refractivity contribution in [1.82, 2.24) is 15.6 Å². The number of nitrogens with zero attached hydrogens (tertiary/aromatic N) is 1. The predicted octanol–water partition coefficient (Wildman–Crippen LogP) is 6.23. The lowest BCUT2D eigenvalue weighted by molar-refractivity contribution is -0.137. The third-order valence-electron chi connectivity index (χ3n) is 6.91. The fourth-order valence-electron chi connectivity index (χ4n) is 4.92. The minimum absolute atomic E-state index is 0.0370. The Kier molecular flexibility index (Phi) is 8.92. The average Bonchev–Trinajstić information content (AvgIpc) is 2.89. The van der Waals surface area contributed by atoms with Crippen molar-refractivity contribution >= 4 is 28.6 Å². The lowest BCUT2D eigenvalue weighted by Crippen LogP contribution is -2.57. The molecule has 1 heterocycles. The standard InChI is InChI=1S/C28H29F4IN4O/c29-22-13-20(12-21(14-22)28(30,31)32)27(15-18-6-2-1-3-7-18,25-11-10-19(16-33)17-35-25)37-26(38)36-24-9-5-4-8-23(24)34/h1-3,6-7,10-14,17,23-24H,4-5,8-9,15-16,34H2,(H2,36,37,38)/t23-,24-,27+/m0/s1. The molecule has 4 rings (SSSR count). The van der Waals surface area contributed by atoms with Gasteiger partial charge in [0.1, 0.15) is 11.4 Å². The summed E-state index contributed by atoms with van der Waals surface area (Å²) in [6.45, 7) is 0. The highest BCUT2D eigenvalue weighted by atomic mass is 127. The number of hydrogen-bond acceptors (Lipinski definition) is 3. The maximum absolute atomic E-state index is 14.8. The molecule has 4 N–H and O–H groups in total. The van der Waals surface area contributed by atoms with E-state index in [9.17, 15) is 22.4 Å². The first-order valence-corrected chi connectivity index (χ1v) is 13.9. The van der Waals surface area contributed by atoms with Crippen LogP contribution < -0.4 is 16.4 Å². The van der Waals surface area contributed by atoms with Crippen molar-refractivity contribution in [3.8, 4) is 0 Å². The van der Waals surface area contributed by atoms with Crippen LogP contribution in [0.2, 0.25) is 0 Å². The van der Waals surface area contributed by atoms with Crippen molar-refractivity contribution in [1.29, 1.82) is 0 Å². The van der Waals surface area contributed by atoms with Crippen LogP contribution >= 0.6 is 22.6 Å². The quantitative estimate of drug-likeness (QED) is 0.163. The second kappa shape index (κ2) is 12.0. The number of carbonyl (C=O) groups is 1. The summed E-state index contributed by atoms with van der Waals surface area (Å²) in [7, 11) is 0. The fraction of sp³-hybridized carbons (Fsp3) is 0.357. The van der Waals surface area contributed by atoms with Gasteiger partial charge >= 0.3 is 12.2 Å². The van der Waals surface area contributed by atoms with Crippen LogP contribution in [0.3, 0.4) is 0 Å². The number of rotatable bonds is 7. The van der Waals surface area contributed by atoms with E-state index in [1.165, 1.54) is 0 Å². The summed E-state index contributed by atoms with van der Waals surface area (Å²) in [6, 6.07) is 13.7. The predicted molar refractivity (Wildman–Crippen MR) is 146 cm³/mol. The number of nitrogens with one attached hydrogen (secondary N) is 2. The Morgan fingerprint density at radius 3 is 2.34 bits per heavy atom. The zero-order valence-electron chi connectivity index (χ0n) is 20.6. The molecule has 38 heavy (non-hydrogen) atoms. The Bertz CT molecular complexity index is 1240. The molecule has 0 bridgehead atoms. The minimum atomic E-state index is -4.79. The molecule has 1 aliphatic carbocycles. The summed E-state index contributed by atoms with van der Waals surface area (Å²) in [4.78, 5) is 18.0. The molecule has 0 saturated heterocycles. The van der Waals surface area contributed by atoms with Crippen LogP contribution in [0.1, 0.15) is 53.6 Å². The van der Waals surface area contributed by atoms with Crippen molar-refractivity contribution in [2.24, 2.45) is 5.73 Å².